The first kappa shape index (κ1) is 32.2. The van der Waals surface area contributed by atoms with E-state index in [0.29, 0.717) is 12.8 Å². The first-order valence-corrected chi connectivity index (χ1v) is 13.7. The van der Waals surface area contributed by atoms with Crippen molar-refractivity contribution in [3.8, 4) is 0 Å². The van der Waals surface area contributed by atoms with E-state index in [0.717, 1.165) is 0 Å². The van der Waals surface area contributed by atoms with E-state index in [1.54, 1.807) is 0 Å². The second-order valence-electron chi connectivity index (χ2n) is 11.0. The molecule has 3 heterocycles. The Kier molecular flexibility index (Phi) is 11.1. The molecule has 4 fully saturated rings. The maximum absolute atomic E-state index is 11.1. The van der Waals surface area contributed by atoms with Gasteiger partial charge in [0.15, 0.2) is 18.9 Å². The van der Waals surface area contributed by atoms with Crippen LogP contribution in [0.15, 0.2) is 0 Å². The van der Waals surface area contributed by atoms with Crippen LogP contribution in [0.5, 0.6) is 0 Å². The monoisotopic (exact) mass is 582 g/mol. The van der Waals surface area contributed by atoms with E-state index in [4.69, 9.17) is 62.8 Å². The molecule has 0 amide bonds. The summed E-state index contributed by atoms with van der Waals surface area (Å²) in [6, 6.07) is -3.13. The van der Waals surface area contributed by atoms with Crippen molar-refractivity contribution in [3.05, 3.63) is 0 Å². The molecule has 0 aromatic carbocycles. The highest BCUT2D eigenvalue weighted by Gasteiger charge is 2.53. The number of hydrogen-bond donors (Lipinski definition) is 11. The molecule has 17 N–H and O–H groups in total. The van der Waals surface area contributed by atoms with Crippen LogP contribution in [-0.4, -0.2) is 149 Å². The van der Waals surface area contributed by atoms with Gasteiger partial charge in [-0.2, -0.15) is 0 Å². The number of aliphatic hydroxyl groups is 5. The maximum atomic E-state index is 11.1. The summed E-state index contributed by atoms with van der Waals surface area (Å²) in [6.45, 7) is -0.447. The molecule has 0 spiro atoms. The van der Waals surface area contributed by atoms with Crippen LogP contribution in [-0.2, 0) is 28.4 Å². The molecule has 1 saturated carbocycles. The number of aliphatic hydroxyl groups excluding tert-OH is 5. The normalized spacial score (nSPS) is 52.1. The third-order valence-corrected chi connectivity index (χ3v) is 8.15. The molecule has 1 aliphatic carbocycles. The fourth-order valence-electron chi connectivity index (χ4n) is 5.65. The highest BCUT2D eigenvalue weighted by Crippen LogP contribution is 2.34. The van der Waals surface area contributed by atoms with Gasteiger partial charge >= 0.3 is 0 Å². The molecule has 0 radical (unpaired) electrons. The summed E-state index contributed by atoms with van der Waals surface area (Å²) in [5.74, 6) is 0. The van der Waals surface area contributed by atoms with Gasteiger partial charge in [-0.3, -0.25) is 0 Å². The van der Waals surface area contributed by atoms with E-state index in [1.165, 1.54) is 0 Å². The molecule has 0 aromatic heterocycles. The lowest BCUT2D eigenvalue weighted by atomic mass is 9.84. The largest absolute Gasteiger partial charge is 0.394 e. The van der Waals surface area contributed by atoms with Crippen LogP contribution in [0.1, 0.15) is 19.3 Å². The number of hydrogen-bond acceptors (Lipinski definition) is 17. The van der Waals surface area contributed by atoms with Gasteiger partial charge in [-0.15, -0.1) is 0 Å². The van der Waals surface area contributed by atoms with Crippen molar-refractivity contribution in [2.45, 2.75) is 123 Å². The Labute approximate surface area is 231 Å². The van der Waals surface area contributed by atoms with Crippen LogP contribution in [0, 0.1) is 0 Å². The van der Waals surface area contributed by atoms with Gasteiger partial charge in [0.25, 0.3) is 0 Å². The van der Waals surface area contributed by atoms with Gasteiger partial charge in [0.05, 0.1) is 30.9 Å². The number of rotatable bonds is 9. The Hall–Kier alpha value is -0.680. The smallest absolute Gasteiger partial charge is 0.187 e. The molecule has 17 heteroatoms. The van der Waals surface area contributed by atoms with Crippen LogP contribution in [0.2, 0.25) is 0 Å². The third kappa shape index (κ3) is 6.61. The fourth-order valence-corrected chi connectivity index (χ4v) is 5.65. The molecule has 17 atom stereocenters. The van der Waals surface area contributed by atoms with Crippen molar-refractivity contribution in [2.75, 3.05) is 19.7 Å². The van der Waals surface area contributed by atoms with Gasteiger partial charge in [0.1, 0.15) is 48.8 Å². The zero-order chi connectivity index (χ0) is 29.3. The van der Waals surface area contributed by atoms with Crippen molar-refractivity contribution in [3.63, 3.8) is 0 Å². The second kappa shape index (κ2) is 13.7. The lowest BCUT2D eigenvalue weighted by Gasteiger charge is -2.45. The van der Waals surface area contributed by atoms with E-state index in [9.17, 15) is 25.5 Å². The van der Waals surface area contributed by atoms with Gasteiger partial charge < -0.3 is 88.4 Å². The van der Waals surface area contributed by atoms with Crippen molar-refractivity contribution in [1.29, 1.82) is 0 Å². The summed E-state index contributed by atoms with van der Waals surface area (Å²) in [6.07, 6.45) is -13.4. The molecule has 17 nitrogen and oxygen atoms in total. The summed E-state index contributed by atoms with van der Waals surface area (Å²) < 4.78 is 35.2. The molecule has 0 unspecified atom stereocenters. The Morgan fingerprint density at radius 1 is 0.600 bits per heavy atom. The summed E-state index contributed by atoms with van der Waals surface area (Å²) >= 11 is 0. The summed E-state index contributed by atoms with van der Waals surface area (Å²) in [5, 5.41) is 52.4. The molecule has 40 heavy (non-hydrogen) atoms. The number of ether oxygens (including phenoxy) is 6. The molecule has 4 aliphatic rings. The van der Waals surface area contributed by atoms with Crippen LogP contribution < -0.4 is 34.4 Å². The van der Waals surface area contributed by atoms with Crippen molar-refractivity contribution in [2.24, 2.45) is 34.4 Å². The van der Waals surface area contributed by atoms with Gasteiger partial charge in [0, 0.05) is 25.2 Å². The average Bonchev–Trinajstić information content (AvgIpc) is 3.23. The minimum Gasteiger partial charge on any atom is -0.394 e. The van der Waals surface area contributed by atoms with E-state index in [-0.39, 0.29) is 25.6 Å². The predicted molar refractivity (Wildman–Crippen MR) is 136 cm³/mol. The Balaban J connectivity index is 1.48. The minimum absolute atomic E-state index is 0.133. The predicted octanol–water partition coefficient (Wildman–Crippen LogP) is -6.84. The van der Waals surface area contributed by atoms with E-state index < -0.39 is 105 Å². The number of nitrogens with two attached hydrogens (primary N) is 6. The van der Waals surface area contributed by atoms with Crippen LogP contribution >= 0.6 is 0 Å². The van der Waals surface area contributed by atoms with Gasteiger partial charge in [-0.05, 0) is 19.3 Å². The van der Waals surface area contributed by atoms with Crippen LogP contribution in [0.25, 0.3) is 0 Å². The quantitative estimate of drug-likeness (QED) is 0.120. The lowest BCUT2D eigenvalue weighted by molar-refractivity contribution is -0.289. The molecule has 4 rings (SSSR count). The lowest BCUT2D eigenvalue weighted by Crippen LogP contribution is -2.65. The Bertz CT molecular complexity index is 806. The van der Waals surface area contributed by atoms with Gasteiger partial charge in [0.2, 0.25) is 0 Å². The van der Waals surface area contributed by atoms with Crippen LogP contribution in [0.4, 0.5) is 0 Å². The average molecular weight is 583 g/mol. The summed E-state index contributed by atoms with van der Waals surface area (Å²) in [5.41, 5.74) is 36.0. The highest BCUT2D eigenvalue weighted by atomic mass is 16.8. The topological polar surface area (TPSA) is 313 Å². The van der Waals surface area contributed by atoms with Crippen molar-refractivity contribution < 1.29 is 54.0 Å². The zero-order valence-electron chi connectivity index (χ0n) is 22.2. The molecule has 3 saturated heterocycles. The molecule has 3 aliphatic heterocycles. The summed E-state index contributed by atoms with van der Waals surface area (Å²) in [7, 11) is 0. The second-order valence-corrected chi connectivity index (χ2v) is 11.0. The Morgan fingerprint density at radius 3 is 1.90 bits per heavy atom. The van der Waals surface area contributed by atoms with E-state index in [2.05, 4.69) is 0 Å². The minimum atomic E-state index is -1.52. The van der Waals surface area contributed by atoms with Crippen molar-refractivity contribution >= 4 is 0 Å². The van der Waals surface area contributed by atoms with Crippen LogP contribution in [0.3, 0.4) is 0 Å². The molecule has 0 bridgehead atoms. The molecule has 0 aromatic rings. The summed E-state index contributed by atoms with van der Waals surface area (Å²) in [4.78, 5) is 0. The fraction of sp³-hybridized carbons (Fsp3) is 1.00. The molecular formula is C23H46N6O11. The molecular weight excluding hydrogens is 536 g/mol. The SMILES string of the molecule is NC[C@@H]1CC[C@@H](N)[C@@H](O[C@H]2[C@H](O[C@@H]3O[C@H](CO)[C@@H](O[C@H]4O[C@@H](CN)[C@@H](O)[C@H](O)[C@H]4N)[C@H]3O)[C@@H](O)[C@H](N)C[C@@H]2N)O1. The Morgan fingerprint density at radius 2 is 1.25 bits per heavy atom. The zero-order valence-corrected chi connectivity index (χ0v) is 22.2. The first-order chi connectivity index (χ1) is 19.0. The van der Waals surface area contributed by atoms with E-state index >= 15 is 0 Å². The third-order valence-electron chi connectivity index (χ3n) is 8.15. The van der Waals surface area contributed by atoms with Gasteiger partial charge in [-0.1, -0.05) is 0 Å². The van der Waals surface area contributed by atoms with E-state index in [1.807, 2.05) is 0 Å². The maximum Gasteiger partial charge on any atom is 0.187 e. The standard InChI is InChI=1S/C23H46N6O11/c24-4-7-1-2-8(26)21(35-7)38-18-10(28)3-9(27)14(31)20(18)40-23-17(34)19(12(6-30)37-23)39-22-13(29)16(33)15(32)11(5-25)36-22/h7-23,30-34H,1-6,24-29H2/t7-,8+,9+,10-,11-,12+,13+,14-,15+,16+,17+,18+,19+,20+,21+,22+,23-/m0/s1. The van der Waals surface area contributed by atoms with Gasteiger partial charge in [-0.25, -0.2) is 0 Å². The molecule has 234 valence electrons. The first-order valence-electron chi connectivity index (χ1n) is 13.7. The van der Waals surface area contributed by atoms with Crippen molar-refractivity contribution in [1.82, 2.24) is 0 Å². The highest BCUT2D eigenvalue weighted by molar-refractivity contribution is 5.01.